The number of halogens is 1. The first-order valence-corrected chi connectivity index (χ1v) is 10.7. The van der Waals surface area contributed by atoms with E-state index in [1.807, 2.05) is 49.5 Å². The number of anilines is 1. The average Bonchev–Trinajstić information content (AvgIpc) is 3.12. The van der Waals surface area contributed by atoms with E-state index in [0.717, 1.165) is 22.0 Å². The van der Waals surface area contributed by atoms with E-state index in [2.05, 4.69) is 35.0 Å². The lowest BCUT2D eigenvalue weighted by Gasteiger charge is -2.08. The summed E-state index contributed by atoms with van der Waals surface area (Å²) in [4.78, 5) is 12.8. The van der Waals surface area contributed by atoms with Crippen molar-refractivity contribution >= 4 is 40.2 Å². The minimum absolute atomic E-state index is 0.0304. The maximum absolute atomic E-state index is 12.8. The van der Waals surface area contributed by atoms with Gasteiger partial charge in [0.25, 0.3) is 5.91 Å². The molecule has 0 aliphatic carbocycles. The van der Waals surface area contributed by atoms with Crippen LogP contribution in [0.3, 0.4) is 0 Å². The van der Waals surface area contributed by atoms with Crippen molar-refractivity contribution in [3.8, 4) is 6.07 Å². The maximum atomic E-state index is 12.8. The number of aryl methyl sites for hydroxylation is 1. The first-order chi connectivity index (χ1) is 15.5. The van der Waals surface area contributed by atoms with E-state index in [1.54, 1.807) is 24.3 Å². The molecule has 0 fully saturated rings. The van der Waals surface area contributed by atoms with Gasteiger partial charge < -0.3 is 9.88 Å². The molecule has 0 aliphatic rings. The zero-order valence-electron chi connectivity index (χ0n) is 17.9. The average molecular weight is 440 g/mol. The van der Waals surface area contributed by atoms with E-state index < -0.39 is 5.91 Å². The van der Waals surface area contributed by atoms with Crippen molar-refractivity contribution < 1.29 is 4.79 Å². The molecule has 0 spiro atoms. The number of aromatic nitrogens is 1. The molecule has 1 amide bonds. The monoisotopic (exact) mass is 439 g/mol. The van der Waals surface area contributed by atoms with Gasteiger partial charge in [0.15, 0.2) is 0 Å². The molecule has 0 atom stereocenters. The first kappa shape index (κ1) is 21.4. The van der Waals surface area contributed by atoms with Crippen molar-refractivity contribution in [3.05, 3.63) is 106 Å². The molecule has 0 aliphatic heterocycles. The summed E-state index contributed by atoms with van der Waals surface area (Å²) in [6.45, 7) is 4.60. The van der Waals surface area contributed by atoms with Crippen LogP contribution in [-0.2, 0) is 11.3 Å². The molecule has 4 aromatic rings. The summed E-state index contributed by atoms with van der Waals surface area (Å²) in [6.07, 6.45) is 3.63. The van der Waals surface area contributed by atoms with Gasteiger partial charge in [0.2, 0.25) is 0 Å². The number of fused-ring (bicyclic) bond motifs is 1. The quantitative estimate of drug-likeness (QED) is 0.285. The number of carbonyl (C=O) groups excluding carboxylic acids is 1. The summed E-state index contributed by atoms with van der Waals surface area (Å²) < 4.78 is 2.14. The predicted molar refractivity (Wildman–Crippen MR) is 131 cm³/mol. The summed E-state index contributed by atoms with van der Waals surface area (Å²) in [5.74, 6) is -0.464. The normalized spacial score (nSPS) is 11.4. The second-order valence-corrected chi connectivity index (χ2v) is 8.16. The molecular weight excluding hydrogens is 418 g/mol. The Morgan fingerprint density at radius 3 is 2.66 bits per heavy atom. The summed E-state index contributed by atoms with van der Waals surface area (Å²) in [5, 5.41) is 14.0. The van der Waals surface area contributed by atoms with Crippen LogP contribution in [-0.4, -0.2) is 10.5 Å². The fraction of sp³-hybridized carbons (Fsp3) is 0.111. The van der Waals surface area contributed by atoms with Crippen molar-refractivity contribution in [1.82, 2.24) is 4.57 Å². The number of hydrogen-bond acceptors (Lipinski definition) is 2. The molecule has 0 saturated heterocycles. The number of hydrogen-bond donors (Lipinski definition) is 1. The van der Waals surface area contributed by atoms with E-state index in [-0.39, 0.29) is 5.57 Å². The van der Waals surface area contributed by atoms with Gasteiger partial charge in [-0.25, -0.2) is 0 Å². The van der Waals surface area contributed by atoms with Gasteiger partial charge in [0.05, 0.1) is 0 Å². The lowest BCUT2D eigenvalue weighted by atomic mass is 10.1. The van der Waals surface area contributed by atoms with E-state index in [1.165, 1.54) is 11.1 Å². The number of benzene rings is 3. The Labute approximate surface area is 192 Å². The van der Waals surface area contributed by atoms with Gasteiger partial charge in [-0.1, -0.05) is 65.7 Å². The molecule has 0 bridgehead atoms. The minimum atomic E-state index is -0.464. The van der Waals surface area contributed by atoms with Crippen LogP contribution in [0.1, 0.15) is 22.3 Å². The van der Waals surface area contributed by atoms with Crippen LogP contribution < -0.4 is 5.32 Å². The van der Waals surface area contributed by atoms with E-state index in [0.29, 0.717) is 17.3 Å². The minimum Gasteiger partial charge on any atom is -0.342 e. The Morgan fingerprint density at radius 1 is 1.09 bits per heavy atom. The molecule has 5 heteroatoms. The summed E-state index contributed by atoms with van der Waals surface area (Å²) in [6, 6.07) is 23.7. The molecule has 32 heavy (non-hydrogen) atoms. The van der Waals surface area contributed by atoms with Crippen molar-refractivity contribution in [1.29, 1.82) is 5.26 Å². The number of carbonyl (C=O) groups is 1. The molecule has 1 heterocycles. The number of nitriles is 1. The van der Waals surface area contributed by atoms with Crippen molar-refractivity contribution in [2.45, 2.75) is 20.4 Å². The SMILES string of the molecule is Cc1cccc(Cn2cc(/C=C(\C#N)C(=O)Nc3cccc(Cl)c3C)c3ccccc32)c1. The largest absolute Gasteiger partial charge is 0.342 e. The highest BCUT2D eigenvalue weighted by Gasteiger charge is 2.14. The number of rotatable bonds is 5. The van der Waals surface area contributed by atoms with E-state index in [4.69, 9.17) is 11.6 Å². The van der Waals surface area contributed by atoms with Gasteiger partial charge >= 0.3 is 0 Å². The fourth-order valence-corrected chi connectivity index (χ4v) is 3.94. The molecular formula is C27H22ClN3O. The van der Waals surface area contributed by atoms with Gasteiger partial charge in [0, 0.05) is 39.9 Å². The van der Waals surface area contributed by atoms with Gasteiger partial charge in [-0.3, -0.25) is 4.79 Å². The fourth-order valence-electron chi connectivity index (χ4n) is 3.76. The second kappa shape index (κ2) is 9.13. The Hall–Kier alpha value is -3.81. The molecule has 4 nitrogen and oxygen atoms in total. The second-order valence-electron chi connectivity index (χ2n) is 7.75. The van der Waals surface area contributed by atoms with E-state index in [9.17, 15) is 10.1 Å². The molecule has 1 N–H and O–H groups in total. The van der Waals surface area contributed by atoms with Gasteiger partial charge in [-0.2, -0.15) is 5.26 Å². The third-order valence-electron chi connectivity index (χ3n) is 5.44. The third kappa shape index (κ3) is 4.44. The summed E-state index contributed by atoms with van der Waals surface area (Å²) in [5.41, 5.74) is 5.64. The highest BCUT2D eigenvalue weighted by Crippen LogP contribution is 2.26. The van der Waals surface area contributed by atoms with Crippen LogP contribution in [0.15, 0.2) is 78.5 Å². The van der Waals surface area contributed by atoms with Crippen molar-refractivity contribution in [3.63, 3.8) is 0 Å². The zero-order chi connectivity index (χ0) is 22.7. The molecule has 0 unspecified atom stereocenters. The lowest BCUT2D eigenvalue weighted by molar-refractivity contribution is -0.112. The number of nitrogens with one attached hydrogen (secondary N) is 1. The van der Waals surface area contributed by atoms with Crippen molar-refractivity contribution in [2.24, 2.45) is 0 Å². The van der Waals surface area contributed by atoms with Gasteiger partial charge in [-0.15, -0.1) is 0 Å². The van der Waals surface area contributed by atoms with Crippen LogP contribution in [0.2, 0.25) is 5.02 Å². The number of para-hydroxylation sites is 1. The van der Waals surface area contributed by atoms with Crippen LogP contribution >= 0.6 is 11.6 Å². The Morgan fingerprint density at radius 2 is 1.88 bits per heavy atom. The van der Waals surface area contributed by atoms with Crippen LogP contribution in [0, 0.1) is 25.2 Å². The van der Waals surface area contributed by atoms with Crippen LogP contribution in [0.5, 0.6) is 0 Å². The molecule has 158 valence electrons. The third-order valence-corrected chi connectivity index (χ3v) is 5.85. The molecule has 3 aromatic carbocycles. The topological polar surface area (TPSA) is 57.8 Å². The number of amides is 1. The predicted octanol–water partition coefficient (Wildman–Crippen LogP) is 6.51. The summed E-state index contributed by atoms with van der Waals surface area (Å²) >= 11 is 6.15. The zero-order valence-corrected chi connectivity index (χ0v) is 18.6. The lowest BCUT2D eigenvalue weighted by Crippen LogP contribution is -2.14. The standard InChI is InChI=1S/C27H22ClN3O/c1-18-7-5-8-20(13-18)16-31-17-22(23-9-3-4-12-26(23)31)14-21(15-29)27(32)30-25-11-6-10-24(28)19(25)2/h3-14,17H,16H2,1-2H3,(H,30,32)/b21-14+. The highest BCUT2D eigenvalue weighted by molar-refractivity contribution is 6.31. The van der Waals surface area contributed by atoms with Crippen LogP contribution in [0.25, 0.3) is 17.0 Å². The Bertz CT molecular complexity index is 1390. The first-order valence-electron chi connectivity index (χ1n) is 10.3. The Balaban J connectivity index is 1.69. The molecule has 0 saturated carbocycles. The molecule has 0 radical (unpaired) electrons. The van der Waals surface area contributed by atoms with Crippen LogP contribution in [0.4, 0.5) is 5.69 Å². The van der Waals surface area contributed by atoms with Gasteiger partial charge in [-0.05, 0) is 49.2 Å². The molecule has 1 aromatic heterocycles. The van der Waals surface area contributed by atoms with Crippen molar-refractivity contribution in [2.75, 3.05) is 5.32 Å². The molecule has 4 rings (SSSR count). The number of nitrogens with zero attached hydrogens (tertiary/aromatic N) is 2. The highest BCUT2D eigenvalue weighted by atomic mass is 35.5. The van der Waals surface area contributed by atoms with E-state index >= 15 is 0 Å². The van der Waals surface area contributed by atoms with Gasteiger partial charge in [0.1, 0.15) is 11.6 Å². The maximum Gasteiger partial charge on any atom is 0.266 e. The smallest absolute Gasteiger partial charge is 0.266 e. The Kier molecular flexibility index (Phi) is 6.11. The summed E-state index contributed by atoms with van der Waals surface area (Å²) in [7, 11) is 0.